The van der Waals surface area contributed by atoms with E-state index in [4.69, 9.17) is 9.15 Å². The van der Waals surface area contributed by atoms with Crippen molar-refractivity contribution < 1.29 is 13.9 Å². The van der Waals surface area contributed by atoms with Crippen LogP contribution in [0.1, 0.15) is 46.4 Å². The van der Waals surface area contributed by atoms with Gasteiger partial charge in [-0.2, -0.15) is 5.10 Å². The van der Waals surface area contributed by atoms with Gasteiger partial charge in [0.25, 0.3) is 5.91 Å². The van der Waals surface area contributed by atoms with Crippen LogP contribution in [0.5, 0.6) is 0 Å². The molecule has 2 aromatic rings. The van der Waals surface area contributed by atoms with Crippen LogP contribution in [0, 0.1) is 0 Å². The maximum absolute atomic E-state index is 12.7. The van der Waals surface area contributed by atoms with Crippen LogP contribution in [-0.2, 0) is 17.6 Å². The molecule has 2 aliphatic rings. The number of aryl methyl sites for hydroxylation is 1. The number of carbonyl (C=O) groups is 1. The Morgan fingerprint density at radius 1 is 1.32 bits per heavy atom. The summed E-state index contributed by atoms with van der Waals surface area (Å²) >= 11 is 0. The predicted molar refractivity (Wildman–Crippen MR) is 91.4 cm³/mol. The van der Waals surface area contributed by atoms with Gasteiger partial charge in [0.05, 0.1) is 25.5 Å². The number of H-pyrrole nitrogens is 1. The zero-order chi connectivity index (χ0) is 17.1. The van der Waals surface area contributed by atoms with Crippen molar-refractivity contribution in [3.8, 4) is 0 Å². The summed E-state index contributed by atoms with van der Waals surface area (Å²) in [6.45, 7) is 3.57. The van der Waals surface area contributed by atoms with Crippen molar-refractivity contribution in [1.29, 1.82) is 0 Å². The molecule has 0 radical (unpaired) electrons. The Bertz CT molecular complexity index is 704. The second-order valence-corrected chi connectivity index (χ2v) is 6.63. The SMILES string of the molecule is O=C(NCC(c1ccco1)N1CCOCC1)c1n[nH]c2c1CCCC2. The quantitative estimate of drug-likeness (QED) is 0.862. The van der Waals surface area contributed by atoms with E-state index in [2.05, 4.69) is 20.4 Å². The Morgan fingerprint density at radius 2 is 2.16 bits per heavy atom. The summed E-state index contributed by atoms with van der Waals surface area (Å²) < 4.78 is 11.0. The lowest BCUT2D eigenvalue weighted by atomic mass is 9.96. The molecule has 7 nitrogen and oxygen atoms in total. The minimum absolute atomic E-state index is 0.0117. The van der Waals surface area contributed by atoms with Crippen molar-refractivity contribution in [3.05, 3.63) is 41.1 Å². The second kappa shape index (κ2) is 7.41. The van der Waals surface area contributed by atoms with Crippen molar-refractivity contribution in [3.63, 3.8) is 0 Å². The Hall–Kier alpha value is -2.12. The standard InChI is InChI=1S/C18H24N4O3/c23-18(17-13-4-1-2-5-14(13)20-21-17)19-12-15(16-6-3-9-25-16)22-7-10-24-11-8-22/h3,6,9,15H,1-2,4-5,7-8,10-12H2,(H,19,23)(H,20,21). The molecule has 2 aromatic heterocycles. The highest BCUT2D eigenvalue weighted by Gasteiger charge is 2.27. The van der Waals surface area contributed by atoms with E-state index in [9.17, 15) is 4.79 Å². The zero-order valence-electron chi connectivity index (χ0n) is 14.3. The van der Waals surface area contributed by atoms with Gasteiger partial charge < -0.3 is 14.5 Å². The fourth-order valence-corrected chi connectivity index (χ4v) is 3.72. The molecule has 4 rings (SSSR count). The molecule has 1 saturated heterocycles. The number of nitrogens with zero attached hydrogens (tertiary/aromatic N) is 2. The predicted octanol–water partition coefficient (Wildman–Crippen LogP) is 1.68. The molecule has 134 valence electrons. The van der Waals surface area contributed by atoms with Crippen LogP contribution < -0.4 is 5.32 Å². The largest absolute Gasteiger partial charge is 0.468 e. The number of hydrogen-bond acceptors (Lipinski definition) is 5. The molecular formula is C18H24N4O3. The number of amides is 1. The maximum atomic E-state index is 12.7. The average Bonchev–Trinajstić information content (AvgIpc) is 3.32. The van der Waals surface area contributed by atoms with E-state index in [1.54, 1.807) is 6.26 Å². The molecule has 1 aliphatic heterocycles. The molecule has 3 heterocycles. The topological polar surface area (TPSA) is 83.4 Å². The highest BCUT2D eigenvalue weighted by molar-refractivity contribution is 5.94. The van der Waals surface area contributed by atoms with E-state index in [-0.39, 0.29) is 11.9 Å². The lowest BCUT2D eigenvalue weighted by Gasteiger charge is -2.33. The summed E-state index contributed by atoms with van der Waals surface area (Å²) in [6, 6.07) is 3.86. The number of morpholine rings is 1. The van der Waals surface area contributed by atoms with Crippen LogP contribution in [0.15, 0.2) is 22.8 Å². The van der Waals surface area contributed by atoms with Crippen LogP contribution >= 0.6 is 0 Å². The van der Waals surface area contributed by atoms with E-state index in [1.807, 2.05) is 12.1 Å². The Labute approximate surface area is 146 Å². The molecule has 0 saturated carbocycles. The molecule has 0 bridgehead atoms. The first kappa shape index (κ1) is 16.4. The average molecular weight is 344 g/mol. The van der Waals surface area contributed by atoms with Crippen LogP contribution in [0.2, 0.25) is 0 Å². The number of aromatic nitrogens is 2. The van der Waals surface area contributed by atoms with E-state index in [1.165, 1.54) is 0 Å². The van der Waals surface area contributed by atoms with Gasteiger partial charge >= 0.3 is 0 Å². The Morgan fingerprint density at radius 3 is 2.96 bits per heavy atom. The number of nitrogens with one attached hydrogen (secondary N) is 2. The van der Waals surface area contributed by atoms with Crippen LogP contribution in [0.4, 0.5) is 0 Å². The van der Waals surface area contributed by atoms with Gasteiger partial charge in [0.2, 0.25) is 0 Å². The third-order valence-corrected chi connectivity index (χ3v) is 5.09. The lowest BCUT2D eigenvalue weighted by Crippen LogP contribution is -2.43. The number of hydrogen-bond donors (Lipinski definition) is 2. The zero-order valence-corrected chi connectivity index (χ0v) is 14.3. The molecule has 0 aromatic carbocycles. The summed E-state index contributed by atoms with van der Waals surface area (Å²) in [4.78, 5) is 15.0. The first-order chi connectivity index (χ1) is 12.3. The van der Waals surface area contributed by atoms with E-state index in [0.29, 0.717) is 25.5 Å². The maximum Gasteiger partial charge on any atom is 0.272 e. The molecule has 0 spiro atoms. The number of ether oxygens (including phenoxy) is 1. The first-order valence-corrected chi connectivity index (χ1v) is 9.02. The molecular weight excluding hydrogens is 320 g/mol. The highest BCUT2D eigenvalue weighted by Crippen LogP contribution is 2.24. The lowest BCUT2D eigenvalue weighted by molar-refractivity contribution is 0.0118. The fourth-order valence-electron chi connectivity index (χ4n) is 3.72. The van der Waals surface area contributed by atoms with Gasteiger partial charge in [0.1, 0.15) is 5.76 Å². The van der Waals surface area contributed by atoms with Crippen molar-refractivity contribution >= 4 is 5.91 Å². The Kier molecular flexibility index (Phi) is 4.85. The summed E-state index contributed by atoms with van der Waals surface area (Å²) in [5.41, 5.74) is 2.76. The summed E-state index contributed by atoms with van der Waals surface area (Å²) in [7, 11) is 0. The van der Waals surface area contributed by atoms with Crippen molar-refractivity contribution in [2.75, 3.05) is 32.8 Å². The van der Waals surface area contributed by atoms with Crippen molar-refractivity contribution in [1.82, 2.24) is 20.4 Å². The molecule has 25 heavy (non-hydrogen) atoms. The summed E-state index contributed by atoms with van der Waals surface area (Å²) in [6.07, 6.45) is 5.87. The van der Waals surface area contributed by atoms with Crippen LogP contribution in [-0.4, -0.2) is 53.9 Å². The van der Waals surface area contributed by atoms with Gasteiger partial charge in [-0.15, -0.1) is 0 Å². The first-order valence-electron chi connectivity index (χ1n) is 9.02. The smallest absolute Gasteiger partial charge is 0.272 e. The van der Waals surface area contributed by atoms with Crippen LogP contribution in [0.25, 0.3) is 0 Å². The normalized spacial score (nSPS) is 19.4. The monoisotopic (exact) mass is 344 g/mol. The van der Waals surface area contributed by atoms with E-state index >= 15 is 0 Å². The third kappa shape index (κ3) is 3.48. The minimum Gasteiger partial charge on any atom is -0.468 e. The van der Waals surface area contributed by atoms with Gasteiger partial charge in [-0.05, 0) is 37.8 Å². The van der Waals surface area contributed by atoms with Crippen molar-refractivity contribution in [2.24, 2.45) is 0 Å². The van der Waals surface area contributed by atoms with Gasteiger partial charge in [-0.1, -0.05) is 0 Å². The number of rotatable bonds is 5. The Balaban J connectivity index is 1.45. The molecule has 7 heteroatoms. The summed E-state index contributed by atoms with van der Waals surface area (Å²) in [5.74, 6) is 0.760. The second-order valence-electron chi connectivity index (χ2n) is 6.63. The van der Waals surface area contributed by atoms with E-state index in [0.717, 1.165) is 55.8 Å². The van der Waals surface area contributed by atoms with Crippen LogP contribution in [0.3, 0.4) is 0 Å². The molecule has 1 unspecified atom stereocenters. The third-order valence-electron chi connectivity index (χ3n) is 5.09. The molecule has 1 amide bonds. The fraction of sp³-hybridized carbons (Fsp3) is 0.556. The van der Waals surface area contributed by atoms with Gasteiger partial charge in [0.15, 0.2) is 5.69 Å². The number of aromatic amines is 1. The van der Waals surface area contributed by atoms with Gasteiger partial charge in [-0.25, -0.2) is 0 Å². The van der Waals surface area contributed by atoms with Gasteiger partial charge in [-0.3, -0.25) is 14.8 Å². The molecule has 1 aliphatic carbocycles. The number of furan rings is 1. The van der Waals surface area contributed by atoms with Crippen molar-refractivity contribution in [2.45, 2.75) is 31.7 Å². The molecule has 2 N–H and O–H groups in total. The molecule has 1 fully saturated rings. The van der Waals surface area contributed by atoms with E-state index < -0.39 is 0 Å². The van der Waals surface area contributed by atoms with Gasteiger partial charge in [0, 0.05) is 30.9 Å². The summed E-state index contributed by atoms with van der Waals surface area (Å²) in [5, 5.41) is 10.3. The minimum atomic E-state index is -0.107. The molecule has 1 atom stereocenters. The number of fused-ring (bicyclic) bond motifs is 1. The number of carbonyl (C=O) groups excluding carboxylic acids is 1. The highest BCUT2D eigenvalue weighted by atomic mass is 16.5.